The number of alkyl halides is 3. The number of aryl methyl sites for hydroxylation is 1. The molecule has 1 aromatic heterocycles. The Hall–Kier alpha value is -2.25. The highest BCUT2D eigenvalue weighted by atomic mass is 32.2. The number of hydrogen-bond donors (Lipinski definition) is 0. The van der Waals surface area contributed by atoms with E-state index in [4.69, 9.17) is 0 Å². The second-order valence-corrected chi connectivity index (χ2v) is 9.57. The van der Waals surface area contributed by atoms with Crippen LogP contribution in [0.25, 0.3) is 16.5 Å². The van der Waals surface area contributed by atoms with Crippen molar-refractivity contribution in [2.45, 2.75) is 37.3 Å². The molecular formula is C26H28F4N2S. The minimum atomic E-state index is -4.29. The molecule has 0 unspecified atom stereocenters. The van der Waals surface area contributed by atoms with Gasteiger partial charge in [0.1, 0.15) is 5.82 Å². The molecule has 4 rings (SSSR count). The van der Waals surface area contributed by atoms with E-state index in [1.165, 1.54) is 22.9 Å². The lowest BCUT2D eigenvalue weighted by molar-refractivity contribution is -0.137. The first-order valence-electron chi connectivity index (χ1n) is 11.3. The number of fused-ring (bicyclic) bond motifs is 1. The van der Waals surface area contributed by atoms with Crippen LogP contribution < -0.4 is 0 Å². The van der Waals surface area contributed by atoms with Crippen molar-refractivity contribution in [3.63, 3.8) is 0 Å². The summed E-state index contributed by atoms with van der Waals surface area (Å²) in [7, 11) is 2.01. The van der Waals surface area contributed by atoms with Crippen LogP contribution in [0, 0.1) is 5.82 Å². The average Bonchev–Trinajstić information content (AvgIpc) is 3.08. The van der Waals surface area contributed by atoms with E-state index in [1.807, 2.05) is 13.1 Å². The van der Waals surface area contributed by atoms with Gasteiger partial charge in [-0.15, -0.1) is 11.8 Å². The summed E-state index contributed by atoms with van der Waals surface area (Å²) in [6.07, 6.45) is 0.830. The van der Waals surface area contributed by atoms with Crippen LogP contribution in [0.4, 0.5) is 17.6 Å². The molecule has 2 nitrogen and oxygen atoms in total. The van der Waals surface area contributed by atoms with E-state index in [0.29, 0.717) is 0 Å². The molecule has 0 fully saturated rings. The summed E-state index contributed by atoms with van der Waals surface area (Å²) in [4.78, 5) is 3.27. The van der Waals surface area contributed by atoms with Crippen molar-refractivity contribution in [3.8, 4) is 0 Å². The molecule has 0 saturated carbocycles. The molecule has 0 N–H and O–H groups in total. The van der Waals surface area contributed by atoms with Crippen LogP contribution in [0.2, 0.25) is 0 Å². The Labute approximate surface area is 196 Å². The van der Waals surface area contributed by atoms with Gasteiger partial charge >= 0.3 is 6.18 Å². The lowest BCUT2D eigenvalue weighted by Crippen LogP contribution is -2.29. The van der Waals surface area contributed by atoms with Gasteiger partial charge < -0.3 is 4.57 Å². The van der Waals surface area contributed by atoms with Gasteiger partial charge in [0, 0.05) is 41.7 Å². The number of nitrogens with zero attached hydrogens (tertiary/aromatic N) is 2. The van der Waals surface area contributed by atoms with E-state index in [0.717, 1.165) is 72.6 Å². The van der Waals surface area contributed by atoms with Gasteiger partial charge in [0.05, 0.1) is 11.1 Å². The minimum absolute atomic E-state index is 0.213. The van der Waals surface area contributed by atoms with Crippen molar-refractivity contribution in [2.75, 3.05) is 25.4 Å². The van der Waals surface area contributed by atoms with Crippen molar-refractivity contribution in [1.29, 1.82) is 0 Å². The lowest BCUT2D eigenvalue weighted by atomic mass is 9.95. The Kier molecular flexibility index (Phi) is 7.19. The van der Waals surface area contributed by atoms with E-state index in [1.54, 1.807) is 30.0 Å². The van der Waals surface area contributed by atoms with E-state index >= 15 is 0 Å². The molecule has 7 heteroatoms. The SMILES string of the molecule is CCc1c(C2=CCN(CCCSc3ccc(C(F)(F)F)cc3)CC2)c2ccc(F)cc2n1C. The lowest BCUT2D eigenvalue weighted by Gasteiger charge is -2.26. The first-order chi connectivity index (χ1) is 15.8. The zero-order chi connectivity index (χ0) is 23.6. The Bertz CT molecular complexity index is 1150. The first kappa shape index (κ1) is 23.9. The van der Waals surface area contributed by atoms with Crippen LogP contribution in [0.1, 0.15) is 36.6 Å². The quantitative estimate of drug-likeness (QED) is 0.203. The van der Waals surface area contributed by atoms with Gasteiger partial charge in [0.2, 0.25) is 0 Å². The topological polar surface area (TPSA) is 8.17 Å². The number of rotatable bonds is 7. The first-order valence-corrected chi connectivity index (χ1v) is 12.2. The summed E-state index contributed by atoms with van der Waals surface area (Å²) in [5.74, 6) is 0.656. The number of hydrogen-bond acceptors (Lipinski definition) is 2. The van der Waals surface area contributed by atoms with Gasteiger partial charge in [-0.3, -0.25) is 4.90 Å². The molecule has 0 amide bonds. The van der Waals surface area contributed by atoms with Gasteiger partial charge in [0.15, 0.2) is 0 Å². The monoisotopic (exact) mass is 476 g/mol. The summed E-state index contributed by atoms with van der Waals surface area (Å²) < 4.78 is 53.9. The van der Waals surface area contributed by atoms with Crippen molar-refractivity contribution in [2.24, 2.45) is 7.05 Å². The zero-order valence-corrected chi connectivity index (χ0v) is 19.7. The van der Waals surface area contributed by atoms with E-state index in [9.17, 15) is 17.6 Å². The normalized spacial score (nSPS) is 15.3. The summed E-state index contributed by atoms with van der Waals surface area (Å²) >= 11 is 1.59. The third-order valence-corrected chi connectivity index (χ3v) is 7.40. The van der Waals surface area contributed by atoms with E-state index in [-0.39, 0.29) is 5.82 Å². The van der Waals surface area contributed by atoms with Crippen molar-refractivity contribution in [3.05, 3.63) is 71.2 Å². The van der Waals surface area contributed by atoms with E-state index in [2.05, 4.69) is 22.5 Å². The molecule has 0 atom stereocenters. The molecule has 176 valence electrons. The maximum atomic E-state index is 13.8. The largest absolute Gasteiger partial charge is 0.416 e. The molecule has 0 spiro atoms. The molecule has 0 bridgehead atoms. The molecule has 3 aromatic rings. The fraction of sp³-hybridized carbons (Fsp3) is 0.385. The Morgan fingerprint density at radius 2 is 1.82 bits per heavy atom. The molecule has 2 heterocycles. The van der Waals surface area contributed by atoms with Crippen molar-refractivity contribution in [1.82, 2.24) is 9.47 Å². The summed E-state index contributed by atoms with van der Waals surface area (Å²) in [6.45, 7) is 4.94. The maximum Gasteiger partial charge on any atom is 0.416 e. The highest BCUT2D eigenvalue weighted by molar-refractivity contribution is 7.99. The Morgan fingerprint density at radius 1 is 1.06 bits per heavy atom. The molecule has 0 saturated heterocycles. The second-order valence-electron chi connectivity index (χ2n) is 8.40. The smallest absolute Gasteiger partial charge is 0.347 e. The average molecular weight is 477 g/mol. The van der Waals surface area contributed by atoms with E-state index < -0.39 is 11.7 Å². The fourth-order valence-electron chi connectivity index (χ4n) is 4.59. The fourth-order valence-corrected chi connectivity index (χ4v) is 5.43. The van der Waals surface area contributed by atoms with Crippen LogP contribution in [0.15, 0.2) is 53.4 Å². The van der Waals surface area contributed by atoms with Gasteiger partial charge in [-0.2, -0.15) is 13.2 Å². The van der Waals surface area contributed by atoms with Crippen molar-refractivity contribution >= 4 is 28.2 Å². The second kappa shape index (κ2) is 9.94. The number of aromatic nitrogens is 1. The number of thioether (sulfide) groups is 1. The maximum absolute atomic E-state index is 13.8. The highest BCUT2D eigenvalue weighted by Gasteiger charge is 2.30. The van der Waals surface area contributed by atoms with Crippen LogP contribution >= 0.6 is 11.8 Å². The highest BCUT2D eigenvalue weighted by Crippen LogP contribution is 2.35. The number of benzene rings is 2. The standard InChI is InChI=1S/C26H28F4N2S/c1-3-23-25(22-10-7-20(27)17-24(22)31(23)2)18-11-14-32(15-12-18)13-4-16-33-21-8-5-19(6-9-21)26(28,29)30/h5-11,17H,3-4,12-16H2,1-2H3. The predicted octanol–water partition coefficient (Wildman–Crippen LogP) is 7.17. The summed E-state index contributed by atoms with van der Waals surface area (Å²) in [5.41, 5.74) is 4.16. The summed E-state index contributed by atoms with van der Waals surface area (Å²) in [6, 6.07) is 10.4. The minimum Gasteiger partial charge on any atom is -0.347 e. The third kappa shape index (κ3) is 5.30. The zero-order valence-electron chi connectivity index (χ0n) is 18.9. The van der Waals surface area contributed by atoms with Gasteiger partial charge in [-0.05, 0) is 79.6 Å². The van der Waals surface area contributed by atoms with Crippen LogP contribution in [-0.4, -0.2) is 34.9 Å². The molecule has 1 aliphatic heterocycles. The predicted molar refractivity (Wildman–Crippen MR) is 128 cm³/mol. The number of halogens is 4. The van der Waals surface area contributed by atoms with Gasteiger partial charge in [-0.1, -0.05) is 13.0 Å². The molecule has 0 radical (unpaired) electrons. The van der Waals surface area contributed by atoms with Crippen molar-refractivity contribution < 1.29 is 17.6 Å². The van der Waals surface area contributed by atoms with Gasteiger partial charge in [-0.25, -0.2) is 4.39 Å². The molecule has 33 heavy (non-hydrogen) atoms. The molecule has 0 aliphatic carbocycles. The Morgan fingerprint density at radius 3 is 2.45 bits per heavy atom. The third-order valence-electron chi connectivity index (χ3n) is 6.30. The Balaban J connectivity index is 1.33. The summed E-state index contributed by atoms with van der Waals surface area (Å²) in [5, 5.41) is 1.11. The van der Waals surface area contributed by atoms with Crippen LogP contribution in [-0.2, 0) is 19.6 Å². The van der Waals surface area contributed by atoms with Gasteiger partial charge in [0.25, 0.3) is 0 Å². The molecule has 1 aliphatic rings. The molecular weight excluding hydrogens is 448 g/mol. The van der Waals surface area contributed by atoms with Crippen LogP contribution in [0.3, 0.4) is 0 Å². The van der Waals surface area contributed by atoms with Crippen LogP contribution in [0.5, 0.6) is 0 Å². The molecule has 2 aromatic carbocycles.